The molecule has 0 atom stereocenters. The Hall–Kier alpha value is -3.45. The fourth-order valence-corrected chi connectivity index (χ4v) is 5.11. The number of aryl methyl sites for hydroxylation is 1. The molecule has 7 nitrogen and oxygen atoms in total. The lowest BCUT2D eigenvalue weighted by Crippen LogP contribution is -2.06. The summed E-state index contributed by atoms with van der Waals surface area (Å²) in [6, 6.07) is 16.5. The summed E-state index contributed by atoms with van der Waals surface area (Å²) in [6.07, 6.45) is 0. The van der Waals surface area contributed by atoms with E-state index in [1.54, 1.807) is 43.5 Å². The fraction of sp³-hybridized carbons (Fsp3) is 0.125. The Labute approximate surface area is 209 Å². The summed E-state index contributed by atoms with van der Waals surface area (Å²) in [5.74, 6) is 0.772. The van der Waals surface area contributed by atoms with Crippen LogP contribution < -0.4 is 10.5 Å². The SMILES string of the molecule is COc1ccc(-c2nc(SCC(=O)c3sc(-c4ccc(Cl)cc4)nc3C)nc(N)c2C#N)cc1. The predicted octanol–water partition coefficient (Wildman–Crippen LogP) is 5.67. The van der Waals surface area contributed by atoms with E-state index in [1.807, 2.05) is 19.1 Å². The highest BCUT2D eigenvalue weighted by Gasteiger charge is 2.19. The minimum Gasteiger partial charge on any atom is -0.497 e. The molecule has 0 unspecified atom stereocenters. The predicted molar refractivity (Wildman–Crippen MR) is 135 cm³/mol. The molecule has 0 spiro atoms. The second-order valence-electron chi connectivity index (χ2n) is 7.11. The van der Waals surface area contributed by atoms with E-state index in [4.69, 9.17) is 22.1 Å². The van der Waals surface area contributed by atoms with Crippen molar-refractivity contribution in [2.45, 2.75) is 12.1 Å². The highest BCUT2D eigenvalue weighted by atomic mass is 35.5. The molecule has 4 rings (SSSR count). The molecule has 0 saturated heterocycles. The van der Waals surface area contributed by atoms with Crippen molar-refractivity contribution in [1.29, 1.82) is 5.26 Å². The maximum Gasteiger partial charge on any atom is 0.190 e. The van der Waals surface area contributed by atoms with E-state index in [-0.39, 0.29) is 22.9 Å². The van der Waals surface area contributed by atoms with E-state index in [0.29, 0.717) is 37.8 Å². The largest absolute Gasteiger partial charge is 0.497 e. The first-order chi connectivity index (χ1) is 16.4. The number of nitriles is 1. The van der Waals surface area contributed by atoms with Crippen LogP contribution in [0.25, 0.3) is 21.8 Å². The number of methoxy groups -OCH3 is 1. The highest BCUT2D eigenvalue weighted by Crippen LogP contribution is 2.32. The third-order valence-corrected chi connectivity index (χ3v) is 7.21. The normalized spacial score (nSPS) is 10.6. The van der Waals surface area contributed by atoms with Crippen LogP contribution in [0.1, 0.15) is 20.9 Å². The molecule has 0 aliphatic carbocycles. The summed E-state index contributed by atoms with van der Waals surface area (Å²) in [7, 11) is 1.58. The standard InChI is InChI=1S/C24H18ClN5O2S2/c1-13-21(34-23(28-13)15-3-7-16(25)8-4-15)19(31)12-33-24-29-20(18(11-26)22(27)30-24)14-5-9-17(32-2)10-6-14/h3-10H,12H2,1-2H3,(H2,27,29,30). The van der Waals surface area contributed by atoms with E-state index in [2.05, 4.69) is 21.0 Å². The zero-order valence-electron chi connectivity index (χ0n) is 18.2. The molecule has 4 aromatic rings. The van der Waals surface area contributed by atoms with Crippen molar-refractivity contribution < 1.29 is 9.53 Å². The van der Waals surface area contributed by atoms with Crippen molar-refractivity contribution in [2.24, 2.45) is 0 Å². The Morgan fingerprint density at radius 2 is 1.79 bits per heavy atom. The number of ether oxygens (including phenoxy) is 1. The fourth-order valence-electron chi connectivity index (χ4n) is 3.16. The van der Waals surface area contributed by atoms with Crippen LogP contribution in [0.3, 0.4) is 0 Å². The number of benzene rings is 2. The van der Waals surface area contributed by atoms with Crippen LogP contribution in [-0.4, -0.2) is 33.6 Å². The van der Waals surface area contributed by atoms with Gasteiger partial charge in [-0.15, -0.1) is 11.3 Å². The van der Waals surface area contributed by atoms with Gasteiger partial charge in [-0.05, 0) is 43.3 Å². The molecule has 0 fully saturated rings. The molecular formula is C24H18ClN5O2S2. The number of anilines is 1. The Kier molecular flexibility index (Phi) is 7.12. The molecule has 0 amide bonds. The van der Waals surface area contributed by atoms with Crippen LogP contribution in [0.2, 0.25) is 5.02 Å². The Bertz CT molecular complexity index is 1400. The topological polar surface area (TPSA) is 115 Å². The van der Waals surface area contributed by atoms with Crippen molar-refractivity contribution in [3.63, 3.8) is 0 Å². The molecule has 34 heavy (non-hydrogen) atoms. The first-order valence-electron chi connectivity index (χ1n) is 10.0. The maximum absolute atomic E-state index is 12.9. The zero-order chi connectivity index (χ0) is 24.2. The molecule has 2 aromatic carbocycles. The minimum absolute atomic E-state index is 0.0669. The summed E-state index contributed by atoms with van der Waals surface area (Å²) < 4.78 is 5.19. The van der Waals surface area contributed by atoms with Gasteiger partial charge < -0.3 is 10.5 Å². The van der Waals surface area contributed by atoms with Crippen LogP contribution >= 0.6 is 34.7 Å². The molecule has 0 aliphatic heterocycles. The quantitative estimate of drug-likeness (QED) is 0.193. The lowest BCUT2D eigenvalue weighted by Gasteiger charge is -2.09. The summed E-state index contributed by atoms with van der Waals surface area (Å²) >= 11 is 8.46. The number of halogens is 1. The summed E-state index contributed by atoms with van der Waals surface area (Å²) in [5, 5.41) is 11.3. The number of nitrogen functional groups attached to an aromatic ring is 1. The van der Waals surface area contributed by atoms with Crippen LogP contribution in [-0.2, 0) is 0 Å². The van der Waals surface area contributed by atoms with E-state index in [9.17, 15) is 10.1 Å². The number of rotatable bonds is 7. The highest BCUT2D eigenvalue weighted by molar-refractivity contribution is 7.99. The first kappa shape index (κ1) is 23.7. The molecule has 2 heterocycles. The number of ketones is 1. The van der Waals surface area contributed by atoms with Gasteiger partial charge in [0.15, 0.2) is 10.9 Å². The van der Waals surface area contributed by atoms with E-state index >= 15 is 0 Å². The Balaban J connectivity index is 1.55. The van der Waals surface area contributed by atoms with Crippen LogP contribution in [0.4, 0.5) is 5.82 Å². The van der Waals surface area contributed by atoms with Gasteiger partial charge in [-0.3, -0.25) is 4.79 Å². The van der Waals surface area contributed by atoms with Crippen LogP contribution in [0.15, 0.2) is 53.7 Å². The minimum atomic E-state index is -0.0854. The number of nitrogens with zero attached hydrogens (tertiary/aromatic N) is 4. The van der Waals surface area contributed by atoms with Crippen molar-refractivity contribution in [3.05, 3.63) is 69.7 Å². The van der Waals surface area contributed by atoms with Gasteiger partial charge in [-0.1, -0.05) is 35.5 Å². The summed E-state index contributed by atoms with van der Waals surface area (Å²) in [5.41, 5.74) is 8.89. The van der Waals surface area contributed by atoms with E-state index in [0.717, 1.165) is 22.3 Å². The molecule has 0 bridgehead atoms. The van der Waals surface area contributed by atoms with Gasteiger partial charge >= 0.3 is 0 Å². The van der Waals surface area contributed by atoms with E-state index in [1.165, 1.54) is 11.3 Å². The third-order valence-electron chi connectivity index (χ3n) is 4.87. The van der Waals surface area contributed by atoms with Crippen molar-refractivity contribution >= 4 is 46.3 Å². The van der Waals surface area contributed by atoms with Crippen LogP contribution in [0.5, 0.6) is 5.75 Å². The van der Waals surface area contributed by atoms with Crippen molar-refractivity contribution in [2.75, 3.05) is 18.6 Å². The number of nitrogens with two attached hydrogens (primary N) is 1. The molecule has 0 radical (unpaired) electrons. The second-order valence-corrected chi connectivity index (χ2v) is 9.49. The third kappa shape index (κ3) is 5.04. The van der Waals surface area contributed by atoms with Gasteiger partial charge in [0.1, 0.15) is 28.2 Å². The number of Topliss-reactive ketones (excluding diaryl/α,β-unsaturated/α-hetero) is 1. The van der Waals surface area contributed by atoms with Gasteiger partial charge in [-0.2, -0.15) is 5.26 Å². The number of carbonyl (C=O) groups excluding carboxylic acids is 1. The van der Waals surface area contributed by atoms with Crippen LogP contribution in [0, 0.1) is 18.3 Å². The first-order valence-corrected chi connectivity index (χ1v) is 12.2. The average Bonchev–Trinajstić information content (AvgIpc) is 3.24. The second kappa shape index (κ2) is 10.2. The number of hydrogen-bond acceptors (Lipinski definition) is 9. The lowest BCUT2D eigenvalue weighted by atomic mass is 10.1. The average molecular weight is 508 g/mol. The smallest absolute Gasteiger partial charge is 0.190 e. The molecule has 0 aliphatic rings. The molecule has 0 saturated carbocycles. The lowest BCUT2D eigenvalue weighted by molar-refractivity contribution is 0.102. The summed E-state index contributed by atoms with van der Waals surface area (Å²) in [6.45, 7) is 1.81. The van der Waals surface area contributed by atoms with Crippen molar-refractivity contribution in [3.8, 4) is 33.6 Å². The maximum atomic E-state index is 12.9. The Morgan fingerprint density at radius 3 is 2.44 bits per heavy atom. The van der Waals surface area contributed by atoms with Gasteiger partial charge in [0, 0.05) is 16.1 Å². The van der Waals surface area contributed by atoms with Gasteiger partial charge in [0.05, 0.1) is 29.1 Å². The number of carbonyl (C=O) groups is 1. The molecule has 10 heteroatoms. The van der Waals surface area contributed by atoms with Crippen molar-refractivity contribution in [1.82, 2.24) is 15.0 Å². The number of thioether (sulfide) groups is 1. The molecule has 2 N–H and O–H groups in total. The number of thiazole rings is 1. The van der Waals surface area contributed by atoms with Gasteiger partial charge in [-0.25, -0.2) is 15.0 Å². The molecular weight excluding hydrogens is 490 g/mol. The van der Waals surface area contributed by atoms with E-state index < -0.39 is 0 Å². The molecule has 2 aromatic heterocycles. The number of aromatic nitrogens is 3. The van der Waals surface area contributed by atoms with Gasteiger partial charge in [0.25, 0.3) is 0 Å². The zero-order valence-corrected chi connectivity index (χ0v) is 20.6. The number of hydrogen-bond donors (Lipinski definition) is 1. The molecule has 170 valence electrons. The summed E-state index contributed by atoms with van der Waals surface area (Å²) in [4.78, 5) is 26.8. The van der Waals surface area contributed by atoms with Gasteiger partial charge in [0.2, 0.25) is 0 Å². The monoisotopic (exact) mass is 507 g/mol. The Morgan fingerprint density at radius 1 is 1.12 bits per heavy atom.